The lowest BCUT2D eigenvalue weighted by atomic mass is 10.1. The van der Waals surface area contributed by atoms with Crippen LogP contribution in [0.5, 0.6) is 0 Å². The predicted molar refractivity (Wildman–Crippen MR) is 157 cm³/mol. The number of nitrogens with one attached hydrogen (secondary N) is 2. The Balaban J connectivity index is 1.21. The summed E-state index contributed by atoms with van der Waals surface area (Å²) in [6.07, 6.45) is 2.84. The predicted octanol–water partition coefficient (Wildman–Crippen LogP) is 4.20. The monoisotopic (exact) mass is 608 g/mol. The van der Waals surface area contributed by atoms with Crippen LogP contribution in [0.2, 0.25) is 5.02 Å². The first-order chi connectivity index (χ1) is 20.8. The molecule has 2 aromatic carbocycles. The maximum Gasteiger partial charge on any atom is 0.412 e. The van der Waals surface area contributed by atoms with Crippen molar-refractivity contribution in [2.75, 3.05) is 25.5 Å². The van der Waals surface area contributed by atoms with Gasteiger partial charge in [-0.05, 0) is 29.5 Å². The molecule has 3 heterocycles. The van der Waals surface area contributed by atoms with Crippen LogP contribution in [0.25, 0.3) is 10.8 Å². The normalized spacial score (nSPS) is 13.2. The van der Waals surface area contributed by atoms with Crippen molar-refractivity contribution >= 4 is 46.2 Å². The fourth-order valence-corrected chi connectivity index (χ4v) is 4.92. The molecule has 0 fully saturated rings. The Hall–Kier alpha value is -4.78. The van der Waals surface area contributed by atoms with Crippen LogP contribution in [0.15, 0.2) is 61.1 Å². The van der Waals surface area contributed by atoms with Crippen molar-refractivity contribution in [2.24, 2.45) is 0 Å². The Kier molecular flexibility index (Phi) is 9.30. The van der Waals surface area contributed by atoms with Crippen LogP contribution in [0.3, 0.4) is 0 Å². The number of hydrogen-bond acceptors (Lipinski definition) is 7. The number of benzene rings is 2. The molecule has 4 amide bonds. The van der Waals surface area contributed by atoms with Gasteiger partial charge in [0.05, 0.1) is 17.6 Å². The quantitative estimate of drug-likeness (QED) is 0.291. The molecule has 14 heteroatoms. The van der Waals surface area contributed by atoms with Gasteiger partial charge in [-0.25, -0.2) is 19.0 Å². The van der Waals surface area contributed by atoms with Crippen molar-refractivity contribution in [3.63, 3.8) is 0 Å². The molecule has 4 aromatic rings. The van der Waals surface area contributed by atoms with E-state index in [4.69, 9.17) is 16.3 Å². The molecule has 0 unspecified atom stereocenters. The minimum atomic E-state index is -0.755. The van der Waals surface area contributed by atoms with Gasteiger partial charge in [0.15, 0.2) is 5.82 Å². The maximum atomic E-state index is 13.8. The van der Waals surface area contributed by atoms with Crippen LogP contribution < -0.4 is 10.6 Å². The Morgan fingerprint density at radius 3 is 2.79 bits per heavy atom. The summed E-state index contributed by atoms with van der Waals surface area (Å²) in [5.41, 5.74) is 0.409. The molecule has 1 aliphatic rings. The SMILES string of the molecule is CN(C(=O)NCc1cccc(F)c1Cl)[C@@H](CCC(=O)N1CCn2cnnc2C1)COC(=O)Nc1cc2ccccc2cn1. The lowest BCUT2D eigenvalue weighted by Gasteiger charge is -2.30. The highest BCUT2D eigenvalue weighted by molar-refractivity contribution is 6.31. The zero-order valence-corrected chi connectivity index (χ0v) is 24.1. The van der Waals surface area contributed by atoms with Gasteiger partial charge in [0, 0.05) is 44.7 Å². The van der Waals surface area contributed by atoms with Crippen molar-refractivity contribution in [1.82, 2.24) is 34.9 Å². The molecule has 1 aliphatic heterocycles. The summed E-state index contributed by atoms with van der Waals surface area (Å²) in [5.74, 6) is 0.302. The van der Waals surface area contributed by atoms with Gasteiger partial charge >= 0.3 is 12.1 Å². The molecular weight excluding hydrogens is 579 g/mol. The number of halogens is 2. The van der Waals surface area contributed by atoms with Gasteiger partial charge in [-0.3, -0.25) is 10.1 Å². The molecule has 5 rings (SSSR count). The second kappa shape index (κ2) is 13.5. The summed E-state index contributed by atoms with van der Waals surface area (Å²) >= 11 is 6.02. The summed E-state index contributed by atoms with van der Waals surface area (Å²) in [4.78, 5) is 46.1. The number of ether oxygens (including phenoxy) is 1. The highest BCUT2D eigenvalue weighted by Crippen LogP contribution is 2.20. The molecule has 0 radical (unpaired) electrons. The average Bonchev–Trinajstić information content (AvgIpc) is 3.49. The molecular formula is C29H30ClFN8O4. The third kappa shape index (κ3) is 7.36. The summed E-state index contributed by atoms with van der Waals surface area (Å²) in [6, 6.07) is 12.5. The molecule has 2 aromatic heterocycles. The van der Waals surface area contributed by atoms with Crippen molar-refractivity contribution in [3.8, 4) is 0 Å². The number of carbonyl (C=O) groups is 3. The van der Waals surface area contributed by atoms with E-state index in [1.807, 2.05) is 28.8 Å². The van der Waals surface area contributed by atoms with Gasteiger partial charge in [0.2, 0.25) is 5.91 Å². The number of nitrogens with zero attached hydrogens (tertiary/aromatic N) is 6. The second-order valence-corrected chi connectivity index (χ2v) is 10.4. The lowest BCUT2D eigenvalue weighted by Crippen LogP contribution is -2.46. The summed E-state index contributed by atoms with van der Waals surface area (Å²) in [7, 11) is 1.53. The fraction of sp³-hybridized carbons (Fsp3) is 0.310. The Bertz CT molecular complexity index is 1630. The topological polar surface area (TPSA) is 135 Å². The number of hydrogen-bond donors (Lipinski definition) is 2. The van der Waals surface area contributed by atoms with E-state index in [2.05, 4.69) is 25.8 Å². The van der Waals surface area contributed by atoms with E-state index >= 15 is 0 Å². The van der Waals surface area contributed by atoms with Crippen LogP contribution in [-0.4, -0.2) is 73.8 Å². The largest absolute Gasteiger partial charge is 0.447 e. The minimum absolute atomic E-state index is 0.0190. The lowest BCUT2D eigenvalue weighted by molar-refractivity contribution is -0.133. The summed E-state index contributed by atoms with van der Waals surface area (Å²) in [6.45, 7) is 1.23. The Morgan fingerprint density at radius 1 is 1.14 bits per heavy atom. The van der Waals surface area contributed by atoms with E-state index in [9.17, 15) is 18.8 Å². The number of rotatable bonds is 9. The smallest absolute Gasteiger partial charge is 0.412 e. The highest BCUT2D eigenvalue weighted by Gasteiger charge is 2.26. The third-order valence-electron chi connectivity index (χ3n) is 7.28. The number of likely N-dealkylation sites (N-methyl/N-ethyl adjacent to an activating group) is 1. The van der Waals surface area contributed by atoms with Crippen LogP contribution in [-0.2, 0) is 29.2 Å². The number of carbonyl (C=O) groups excluding carboxylic acids is 3. The number of pyridine rings is 1. The number of anilines is 1. The van der Waals surface area contributed by atoms with Crippen molar-refractivity contribution in [1.29, 1.82) is 0 Å². The van der Waals surface area contributed by atoms with E-state index in [1.54, 1.807) is 29.6 Å². The zero-order chi connectivity index (χ0) is 30.3. The number of aromatic nitrogens is 4. The third-order valence-corrected chi connectivity index (χ3v) is 7.70. The molecule has 12 nitrogen and oxygen atoms in total. The molecule has 0 saturated carbocycles. The molecule has 224 valence electrons. The molecule has 1 atom stereocenters. The van der Waals surface area contributed by atoms with Crippen LogP contribution in [0, 0.1) is 5.82 Å². The minimum Gasteiger partial charge on any atom is -0.447 e. The first kappa shape index (κ1) is 29.7. The molecule has 0 saturated heterocycles. The van der Waals surface area contributed by atoms with Crippen molar-refractivity contribution < 1.29 is 23.5 Å². The number of urea groups is 1. The van der Waals surface area contributed by atoms with E-state index in [0.29, 0.717) is 36.8 Å². The van der Waals surface area contributed by atoms with Gasteiger partial charge in [-0.15, -0.1) is 10.2 Å². The van der Waals surface area contributed by atoms with E-state index in [-0.39, 0.29) is 36.9 Å². The molecule has 2 N–H and O–H groups in total. The molecule has 0 aliphatic carbocycles. The van der Waals surface area contributed by atoms with Crippen molar-refractivity contribution in [2.45, 2.75) is 38.5 Å². The first-order valence-electron chi connectivity index (χ1n) is 13.6. The van der Waals surface area contributed by atoms with E-state index in [0.717, 1.165) is 10.8 Å². The van der Waals surface area contributed by atoms with E-state index in [1.165, 1.54) is 24.1 Å². The van der Waals surface area contributed by atoms with Gasteiger partial charge in [0.25, 0.3) is 0 Å². The van der Waals surface area contributed by atoms with Gasteiger partial charge in [-0.1, -0.05) is 48.0 Å². The molecule has 0 spiro atoms. The maximum absolute atomic E-state index is 13.8. The Labute approximate surface area is 251 Å². The summed E-state index contributed by atoms with van der Waals surface area (Å²) in [5, 5.41) is 15.0. The van der Waals surface area contributed by atoms with Crippen LogP contribution in [0.4, 0.5) is 19.8 Å². The summed E-state index contributed by atoms with van der Waals surface area (Å²) < 4.78 is 21.2. The Morgan fingerprint density at radius 2 is 1.95 bits per heavy atom. The standard InChI is InChI=1S/C29H30ClFN8O4/c1-37(28(41)33-15-21-7-4-8-23(31)27(21)30)22(9-10-26(40)38-11-12-39-18-34-36-25(39)16-38)17-43-29(42)35-24-13-19-5-2-3-6-20(19)14-32-24/h2-8,13-14,18,22H,9-12,15-17H2,1H3,(H,33,41)(H,32,35,42)/t22-/m0/s1. The average molecular weight is 609 g/mol. The first-order valence-corrected chi connectivity index (χ1v) is 14.0. The number of amides is 4. The zero-order valence-electron chi connectivity index (χ0n) is 23.4. The van der Waals surface area contributed by atoms with E-state index < -0.39 is 24.0 Å². The van der Waals surface area contributed by atoms with Crippen LogP contribution >= 0.6 is 11.6 Å². The second-order valence-electron chi connectivity index (χ2n) is 10.1. The van der Waals surface area contributed by atoms with Gasteiger partial charge in [0.1, 0.15) is 24.6 Å². The molecule has 43 heavy (non-hydrogen) atoms. The van der Waals surface area contributed by atoms with Gasteiger partial charge in [-0.2, -0.15) is 0 Å². The number of fused-ring (bicyclic) bond motifs is 2. The highest BCUT2D eigenvalue weighted by atomic mass is 35.5. The van der Waals surface area contributed by atoms with Gasteiger partial charge < -0.3 is 24.4 Å². The fourth-order valence-electron chi connectivity index (χ4n) is 4.73. The van der Waals surface area contributed by atoms with Crippen LogP contribution in [0.1, 0.15) is 24.2 Å². The molecule has 0 bridgehead atoms. The van der Waals surface area contributed by atoms with Crippen molar-refractivity contribution in [3.05, 3.63) is 83.3 Å².